The van der Waals surface area contributed by atoms with Crippen LogP contribution in [0.1, 0.15) is 23.6 Å². The van der Waals surface area contributed by atoms with Gasteiger partial charge in [0.05, 0.1) is 13.5 Å². The van der Waals surface area contributed by atoms with Gasteiger partial charge < -0.3 is 9.64 Å². The Morgan fingerprint density at radius 1 is 1.09 bits per heavy atom. The Morgan fingerprint density at radius 3 is 2.36 bits per heavy atom. The molecule has 0 aliphatic heterocycles. The standard InChI is InChI=1S/C19H23NO2/c1-5-20(18-12-14(2)6-7-15(18)3)19(21)13-16-8-10-17(22-4)11-9-16/h6-12H,5,13H2,1-4H3. The highest BCUT2D eigenvalue weighted by molar-refractivity contribution is 5.95. The zero-order valence-electron chi connectivity index (χ0n) is 13.7. The lowest BCUT2D eigenvalue weighted by atomic mass is 10.1. The average Bonchev–Trinajstić information content (AvgIpc) is 2.52. The van der Waals surface area contributed by atoms with E-state index in [2.05, 4.69) is 18.2 Å². The van der Waals surface area contributed by atoms with Crippen molar-refractivity contribution in [3.05, 3.63) is 59.2 Å². The van der Waals surface area contributed by atoms with Crippen LogP contribution in [0.5, 0.6) is 5.75 Å². The van der Waals surface area contributed by atoms with Crippen LogP contribution >= 0.6 is 0 Å². The average molecular weight is 297 g/mol. The highest BCUT2D eigenvalue weighted by atomic mass is 16.5. The molecule has 2 aromatic carbocycles. The molecule has 22 heavy (non-hydrogen) atoms. The second-order valence-electron chi connectivity index (χ2n) is 5.45. The Labute approximate surface area is 132 Å². The summed E-state index contributed by atoms with van der Waals surface area (Å²) in [5.41, 5.74) is 4.28. The van der Waals surface area contributed by atoms with Crippen LogP contribution in [-0.4, -0.2) is 19.6 Å². The molecule has 0 saturated heterocycles. The molecule has 0 N–H and O–H groups in total. The lowest BCUT2D eigenvalue weighted by molar-refractivity contribution is -0.117. The summed E-state index contributed by atoms with van der Waals surface area (Å²) < 4.78 is 5.15. The molecule has 2 aromatic rings. The molecular weight excluding hydrogens is 274 g/mol. The minimum Gasteiger partial charge on any atom is -0.497 e. The van der Waals surface area contributed by atoms with Crippen molar-refractivity contribution in [1.82, 2.24) is 0 Å². The summed E-state index contributed by atoms with van der Waals surface area (Å²) in [5, 5.41) is 0. The first-order valence-corrected chi connectivity index (χ1v) is 7.55. The van der Waals surface area contributed by atoms with Crippen molar-refractivity contribution in [1.29, 1.82) is 0 Å². The molecule has 0 fully saturated rings. The lowest BCUT2D eigenvalue weighted by Crippen LogP contribution is -2.32. The largest absolute Gasteiger partial charge is 0.497 e. The Bertz CT molecular complexity index is 647. The van der Waals surface area contributed by atoms with E-state index in [0.29, 0.717) is 13.0 Å². The minimum atomic E-state index is 0.112. The van der Waals surface area contributed by atoms with E-state index in [-0.39, 0.29) is 5.91 Å². The van der Waals surface area contributed by atoms with Crippen molar-refractivity contribution in [3.8, 4) is 5.75 Å². The number of benzene rings is 2. The number of likely N-dealkylation sites (N-methyl/N-ethyl adjacent to an activating group) is 1. The van der Waals surface area contributed by atoms with Crippen LogP contribution in [0.15, 0.2) is 42.5 Å². The summed E-state index contributed by atoms with van der Waals surface area (Å²) in [5.74, 6) is 0.916. The van der Waals surface area contributed by atoms with Crippen LogP contribution in [0.3, 0.4) is 0 Å². The Morgan fingerprint density at radius 2 is 1.77 bits per heavy atom. The molecule has 0 aliphatic carbocycles. The van der Waals surface area contributed by atoms with E-state index < -0.39 is 0 Å². The molecule has 1 amide bonds. The molecule has 0 atom stereocenters. The van der Waals surface area contributed by atoms with Crippen molar-refractivity contribution >= 4 is 11.6 Å². The van der Waals surface area contributed by atoms with Gasteiger partial charge in [0.15, 0.2) is 0 Å². The van der Waals surface area contributed by atoms with Gasteiger partial charge in [-0.3, -0.25) is 4.79 Å². The number of hydrogen-bond acceptors (Lipinski definition) is 2. The summed E-state index contributed by atoms with van der Waals surface area (Å²) in [6.45, 7) is 6.76. The number of methoxy groups -OCH3 is 1. The maximum absolute atomic E-state index is 12.7. The second kappa shape index (κ2) is 7.12. The third kappa shape index (κ3) is 3.67. The predicted molar refractivity (Wildman–Crippen MR) is 90.6 cm³/mol. The summed E-state index contributed by atoms with van der Waals surface area (Å²) in [4.78, 5) is 14.5. The number of nitrogens with zero attached hydrogens (tertiary/aromatic N) is 1. The van der Waals surface area contributed by atoms with E-state index in [4.69, 9.17) is 4.74 Å². The van der Waals surface area contributed by atoms with Crippen LogP contribution in [0, 0.1) is 13.8 Å². The zero-order valence-corrected chi connectivity index (χ0v) is 13.7. The number of ether oxygens (including phenoxy) is 1. The van der Waals surface area contributed by atoms with Gasteiger partial charge in [0.2, 0.25) is 5.91 Å². The Balaban J connectivity index is 2.19. The molecule has 0 radical (unpaired) electrons. The van der Waals surface area contributed by atoms with Gasteiger partial charge in [-0.15, -0.1) is 0 Å². The number of rotatable bonds is 5. The van der Waals surface area contributed by atoms with E-state index in [1.54, 1.807) is 7.11 Å². The highest BCUT2D eigenvalue weighted by Crippen LogP contribution is 2.22. The molecule has 0 aliphatic rings. The first kappa shape index (κ1) is 16.1. The molecule has 0 heterocycles. The van der Waals surface area contributed by atoms with Crippen molar-refractivity contribution in [2.45, 2.75) is 27.2 Å². The molecule has 3 nitrogen and oxygen atoms in total. The molecule has 0 saturated carbocycles. The molecule has 3 heteroatoms. The SMILES string of the molecule is CCN(C(=O)Cc1ccc(OC)cc1)c1cc(C)ccc1C. The molecule has 2 rings (SSSR count). The summed E-state index contributed by atoms with van der Waals surface area (Å²) in [6.07, 6.45) is 0.394. The van der Waals surface area contributed by atoms with Gasteiger partial charge in [0.1, 0.15) is 5.75 Å². The molecule has 0 spiro atoms. The Kier molecular flexibility index (Phi) is 5.21. The Hall–Kier alpha value is -2.29. The van der Waals surface area contributed by atoms with Crippen LogP contribution < -0.4 is 9.64 Å². The lowest BCUT2D eigenvalue weighted by Gasteiger charge is -2.23. The van der Waals surface area contributed by atoms with Gasteiger partial charge in [-0.1, -0.05) is 24.3 Å². The van der Waals surface area contributed by atoms with Crippen LogP contribution in [0.25, 0.3) is 0 Å². The number of carbonyl (C=O) groups excluding carboxylic acids is 1. The van der Waals surface area contributed by atoms with E-state index in [0.717, 1.165) is 28.1 Å². The maximum Gasteiger partial charge on any atom is 0.231 e. The summed E-state index contributed by atoms with van der Waals surface area (Å²) >= 11 is 0. The van der Waals surface area contributed by atoms with Crippen molar-refractivity contribution in [3.63, 3.8) is 0 Å². The van der Waals surface area contributed by atoms with Crippen LogP contribution in [0.4, 0.5) is 5.69 Å². The third-order valence-electron chi connectivity index (χ3n) is 3.79. The fraction of sp³-hybridized carbons (Fsp3) is 0.316. The van der Waals surface area contributed by atoms with E-state index >= 15 is 0 Å². The summed E-state index contributed by atoms with van der Waals surface area (Å²) in [7, 11) is 1.64. The number of hydrogen-bond donors (Lipinski definition) is 0. The van der Waals surface area contributed by atoms with Gasteiger partial charge in [0, 0.05) is 12.2 Å². The van der Waals surface area contributed by atoms with E-state index in [9.17, 15) is 4.79 Å². The van der Waals surface area contributed by atoms with Gasteiger partial charge in [-0.2, -0.15) is 0 Å². The quantitative estimate of drug-likeness (QED) is 0.837. The van der Waals surface area contributed by atoms with Gasteiger partial charge >= 0.3 is 0 Å². The fourth-order valence-electron chi connectivity index (χ4n) is 2.50. The van der Waals surface area contributed by atoms with Crippen LogP contribution in [0.2, 0.25) is 0 Å². The normalized spacial score (nSPS) is 10.4. The molecule has 0 unspecified atom stereocenters. The number of aryl methyl sites for hydroxylation is 2. The second-order valence-corrected chi connectivity index (χ2v) is 5.45. The fourth-order valence-corrected chi connectivity index (χ4v) is 2.50. The first-order valence-electron chi connectivity index (χ1n) is 7.55. The smallest absolute Gasteiger partial charge is 0.231 e. The van der Waals surface area contributed by atoms with Gasteiger partial charge in [-0.25, -0.2) is 0 Å². The number of carbonyl (C=O) groups is 1. The number of amides is 1. The number of anilines is 1. The van der Waals surface area contributed by atoms with Gasteiger partial charge in [0.25, 0.3) is 0 Å². The van der Waals surface area contributed by atoms with Crippen molar-refractivity contribution < 1.29 is 9.53 Å². The highest BCUT2D eigenvalue weighted by Gasteiger charge is 2.16. The topological polar surface area (TPSA) is 29.5 Å². The minimum absolute atomic E-state index is 0.112. The van der Waals surface area contributed by atoms with Crippen LogP contribution in [-0.2, 0) is 11.2 Å². The summed E-state index contributed by atoms with van der Waals surface area (Å²) in [6, 6.07) is 13.9. The molecular formula is C19H23NO2. The monoisotopic (exact) mass is 297 g/mol. The molecule has 0 bridgehead atoms. The molecule has 0 aromatic heterocycles. The first-order chi connectivity index (χ1) is 10.5. The molecule has 116 valence electrons. The zero-order chi connectivity index (χ0) is 16.1. The van der Waals surface area contributed by atoms with E-state index in [1.807, 2.05) is 49.9 Å². The predicted octanol–water partition coefficient (Wildman–Crippen LogP) is 3.91. The maximum atomic E-state index is 12.7. The van der Waals surface area contributed by atoms with Crippen molar-refractivity contribution in [2.24, 2.45) is 0 Å². The third-order valence-corrected chi connectivity index (χ3v) is 3.79. The van der Waals surface area contributed by atoms with Crippen molar-refractivity contribution in [2.75, 3.05) is 18.6 Å². The van der Waals surface area contributed by atoms with Gasteiger partial charge in [-0.05, 0) is 55.7 Å². The van der Waals surface area contributed by atoms with E-state index in [1.165, 1.54) is 0 Å².